The Morgan fingerprint density at radius 1 is 1.15 bits per heavy atom. The molecule has 1 aliphatic heterocycles. The molecule has 0 radical (unpaired) electrons. The minimum Gasteiger partial charge on any atom is -0.336 e. The van der Waals surface area contributed by atoms with E-state index in [1.54, 1.807) is 18.2 Å². The number of hydrogen-bond acceptors (Lipinski definition) is 4. The van der Waals surface area contributed by atoms with Crippen LogP contribution < -0.4 is 0 Å². The average molecular weight is 492 g/mol. The smallest absolute Gasteiger partial charge is 0.336 e. The lowest BCUT2D eigenvalue weighted by atomic mass is 10.1. The molecule has 0 atom stereocenters. The van der Waals surface area contributed by atoms with Gasteiger partial charge in [-0.15, -0.1) is 0 Å². The highest BCUT2D eigenvalue weighted by atomic mass is 35.5. The second-order valence-electron chi connectivity index (χ2n) is 8.55. The maximum absolute atomic E-state index is 13.9. The molecule has 0 unspecified atom stereocenters. The Balaban J connectivity index is 1.50. The second-order valence-corrected chi connectivity index (χ2v) is 8.91. The van der Waals surface area contributed by atoms with Crippen molar-refractivity contribution in [2.45, 2.75) is 37.9 Å². The van der Waals surface area contributed by atoms with Gasteiger partial charge in [0.2, 0.25) is 5.91 Å². The summed E-state index contributed by atoms with van der Waals surface area (Å²) < 4.78 is 42.7. The van der Waals surface area contributed by atoms with Gasteiger partial charge in [-0.3, -0.25) is 19.0 Å². The third kappa shape index (κ3) is 4.00. The minimum absolute atomic E-state index is 0.148. The predicted molar refractivity (Wildman–Crippen MR) is 118 cm³/mol. The number of piperazine rings is 1. The fourth-order valence-electron chi connectivity index (χ4n) is 4.75. The van der Waals surface area contributed by atoms with Crippen molar-refractivity contribution < 1.29 is 22.8 Å². The summed E-state index contributed by atoms with van der Waals surface area (Å²) in [5.74, 6) is -0.833. The molecular formula is C23H21ClF3N5O2. The Morgan fingerprint density at radius 2 is 1.91 bits per heavy atom. The lowest BCUT2D eigenvalue weighted by Crippen LogP contribution is -2.55. The van der Waals surface area contributed by atoms with E-state index in [0.29, 0.717) is 12.2 Å². The van der Waals surface area contributed by atoms with Crippen LogP contribution in [0.3, 0.4) is 0 Å². The number of amides is 2. The summed E-state index contributed by atoms with van der Waals surface area (Å²) in [5, 5.41) is -0.242. The monoisotopic (exact) mass is 491 g/mol. The number of fused-ring (bicyclic) bond motifs is 1. The Labute approximate surface area is 198 Å². The van der Waals surface area contributed by atoms with Crippen molar-refractivity contribution in [1.82, 2.24) is 24.2 Å². The van der Waals surface area contributed by atoms with Gasteiger partial charge in [0.25, 0.3) is 5.91 Å². The van der Waals surface area contributed by atoms with Crippen molar-refractivity contribution in [1.29, 1.82) is 0 Å². The number of carbonyl (C=O) groups excluding carboxylic acids is 2. The summed E-state index contributed by atoms with van der Waals surface area (Å²) in [6, 6.07) is 6.03. The molecule has 3 aromatic heterocycles. The van der Waals surface area contributed by atoms with Gasteiger partial charge in [-0.2, -0.15) is 13.2 Å². The predicted octanol–water partition coefficient (Wildman–Crippen LogP) is 4.30. The first-order chi connectivity index (χ1) is 16.2. The Hall–Kier alpha value is -3.14. The van der Waals surface area contributed by atoms with E-state index in [4.69, 9.17) is 11.6 Å². The van der Waals surface area contributed by atoms with Crippen LogP contribution >= 0.6 is 11.6 Å². The molecule has 34 heavy (non-hydrogen) atoms. The molecule has 7 nitrogen and oxygen atoms in total. The number of alkyl halides is 3. The molecule has 3 aromatic rings. The van der Waals surface area contributed by atoms with Gasteiger partial charge in [-0.25, -0.2) is 4.98 Å². The van der Waals surface area contributed by atoms with E-state index in [-0.39, 0.29) is 41.4 Å². The van der Waals surface area contributed by atoms with Crippen molar-refractivity contribution in [3.8, 4) is 11.3 Å². The molecule has 0 N–H and O–H groups in total. The lowest BCUT2D eigenvalue weighted by molar-refractivity contribution is -0.137. The SMILES string of the molecule is O=C(c1nc2c(C(F)(F)F)cc(-c3ccccn3)cn2c1Cl)N1CCN(C2CCCC2)C(=O)C1. The van der Waals surface area contributed by atoms with E-state index in [2.05, 4.69) is 9.97 Å². The molecular weight excluding hydrogens is 471 g/mol. The van der Waals surface area contributed by atoms with Gasteiger partial charge in [-0.05, 0) is 31.0 Å². The molecule has 4 heterocycles. The average Bonchev–Trinajstić information content (AvgIpc) is 3.46. The quantitative estimate of drug-likeness (QED) is 0.548. The van der Waals surface area contributed by atoms with Crippen molar-refractivity contribution in [2.75, 3.05) is 19.6 Å². The van der Waals surface area contributed by atoms with Crippen molar-refractivity contribution in [3.63, 3.8) is 0 Å². The Kier molecular flexibility index (Phi) is 5.71. The summed E-state index contributed by atoms with van der Waals surface area (Å²) in [6.07, 6.45) is 2.19. The summed E-state index contributed by atoms with van der Waals surface area (Å²) in [7, 11) is 0. The number of pyridine rings is 2. The van der Waals surface area contributed by atoms with E-state index in [9.17, 15) is 22.8 Å². The third-order valence-electron chi connectivity index (χ3n) is 6.44. The molecule has 11 heteroatoms. The van der Waals surface area contributed by atoms with E-state index >= 15 is 0 Å². The van der Waals surface area contributed by atoms with Crippen LogP contribution in [-0.2, 0) is 11.0 Å². The fraction of sp³-hybridized carbons (Fsp3) is 0.391. The molecule has 1 saturated carbocycles. The van der Waals surface area contributed by atoms with Gasteiger partial charge in [0, 0.05) is 37.1 Å². The second kappa shape index (κ2) is 8.57. The van der Waals surface area contributed by atoms with Crippen molar-refractivity contribution in [3.05, 3.63) is 53.1 Å². The zero-order chi connectivity index (χ0) is 24.0. The molecule has 2 aliphatic rings. The molecule has 0 spiro atoms. The minimum atomic E-state index is -4.73. The molecule has 1 aliphatic carbocycles. The number of aromatic nitrogens is 3. The van der Waals surface area contributed by atoms with Crippen molar-refractivity contribution in [2.24, 2.45) is 0 Å². The summed E-state index contributed by atoms with van der Waals surface area (Å²) in [4.78, 5) is 37.1. The number of hydrogen-bond donors (Lipinski definition) is 0. The van der Waals surface area contributed by atoms with Crippen LogP contribution in [0.15, 0.2) is 36.7 Å². The van der Waals surface area contributed by atoms with Gasteiger partial charge in [0.05, 0.1) is 11.3 Å². The maximum Gasteiger partial charge on any atom is 0.420 e. The van der Waals surface area contributed by atoms with Crippen LogP contribution in [0.25, 0.3) is 16.9 Å². The first-order valence-electron chi connectivity index (χ1n) is 11.0. The first kappa shape index (κ1) is 22.6. The molecule has 1 saturated heterocycles. The number of nitrogens with zero attached hydrogens (tertiary/aromatic N) is 5. The highest BCUT2D eigenvalue weighted by molar-refractivity contribution is 6.33. The van der Waals surface area contributed by atoms with E-state index in [1.165, 1.54) is 17.3 Å². The van der Waals surface area contributed by atoms with E-state index in [1.807, 2.05) is 4.90 Å². The lowest BCUT2D eigenvalue weighted by Gasteiger charge is -2.37. The largest absolute Gasteiger partial charge is 0.420 e. The highest BCUT2D eigenvalue weighted by Gasteiger charge is 2.38. The fourth-order valence-corrected chi connectivity index (χ4v) is 5.00. The normalized spacial score (nSPS) is 17.7. The van der Waals surface area contributed by atoms with Gasteiger partial charge >= 0.3 is 6.18 Å². The molecule has 2 fully saturated rings. The van der Waals surface area contributed by atoms with Crippen molar-refractivity contribution >= 4 is 29.1 Å². The highest BCUT2D eigenvalue weighted by Crippen LogP contribution is 2.37. The molecule has 178 valence electrons. The molecule has 5 rings (SSSR count). The zero-order valence-corrected chi connectivity index (χ0v) is 18.8. The first-order valence-corrected chi connectivity index (χ1v) is 11.4. The number of imidazole rings is 1. The van der Waals surface area contributed by atoms with Crippen LogP contribution in [0.4, 0.5) is 13.2 Å². The standard InChI is InChI=1S/C23H21ClF3N5O2/c24-20-19(22(34)30-9-10-31(18(33)13-30)15-5-1-2-6-15)29-21-16(23(25,26)27)11-14(12-32(20)21)17-7-3-4-8-28-17/h3-4,7-8,11-12,15H,1-2,5-6,9-10,13H2. The number of halogens is 4. The summed E-state index contributed by atoms with van der Waals surface area (Å²) >= 11 is 6.39. The van der Waals surface area contributed by atoms with Crippen LogP contribution in [0, 0.1) is 0 Å². The molecule has 0 aromatic carbocycles. The van der Waals surface area contributed by atoms with Crippen LogP contribution in [0.1, 0.15) is 41.7 Å². The zero-order valence-electron chi connectivity index (χ0n) is 18.1. The van der Waals surface area contributed by atoms with E-state index in [0.717, 1.165) is 36.2 Å². The Morgan fingerprint density at radius 3 is 2.56 bits per heavy atom. The molecule has 0 bridgehead atoms. The molecule has 2 amide bonds. The van der Waals surface area contributed by atoms with Crippen LogP contribution in [0.5, 0.6) is 0 Å². The number of carbonyl (C=O) groups is 2. The van der Waals surface area contributed by atoms with Crippen LogP contribution in [-0.4, -0.2) is 61.7 Å². The van der Waals surface area contributed by atoms with Gasteiger partial charge < -0.3 is 9.80 Å². The van der Waals surface area contributed by atoms with Gasteiger partial charge in [-0.1, -0.05) is 30.5 Å². The number of rotatable bonds is 3. The third-order valence-corrected chi connectivity index (χ3v) is 6.80. The summed E-state index contributed by atoms with van der Waals surface area (Å²) in [6.45, 7) is 0.513. The maximum atomic E-state index is 13.9. The van der Waals surface area contributed by atoms with Crippen LogP contribution in [0.2, 0.25) is 5.15 Å². The topological polar surface area (TPSA) is 70.8 Å². The van der Waals surface area contributed by atoms with E-state index < -0.39 is 23.3 Å². The van der Waals surface area contributed by atoms with Gasteiger partial charge in [0.1, 0.15) is 11.7 Å². The Bertz CT molecular complexity index is 1250. The summed E-state index contributed by atoms with van der Waals surface area (Å²) in [5.41, 5.74) is -1.32. The van der Waals surface area contributed by atoms with Gasteiger partial charge in [0.15, 0.2) is 11.3 Å².